The number of aryl methyl sites for hydroxylation is 1. The summed E-state index contributed by atoms with van der Waals surface area (Å²) in [4.78, 5) is 28.0. The van der Waals surface area contributed by atoms with Crippen molar-refractivity contribution in [2.45, 2.75) is 26.1 Å². The number of aliphatic hydroxyl groups is 1. The molecule has 2 heterocycles. The van der Waals surface area contributed by atoms with Gasteiger partial charge in [-0.3, -0.25) is 14.5 Å². The van der Waals surface area contributed by atoms with Gasteiger partial charge in [0.1, 0.15) is 17.6 Å². The van der Waals surface area contributed by atoms with Gasteiger partial charge in [-0.1, -0.05) is 12.1 Å². The SMILES string of the molecule is CCOc1cccc(/C(O)=C2/C(=O)C(=O)N(c3ccc(C(F)(F)F)cc3)C2c2sccc2C)c1. The van der Waals surface area contributed by atoms with E-state index in [1.807, 2.05) is 13.0 Å². The molecule has 1 N–H and O–H groups in total. The van der Waals surface area contributed by atoms with Crippen LogP contribution in [-0.4, -0.2) is 23.4 Å². The molecule has 1 fully saturated rings. The van der Waals surface area contributed by atoms with Crippen LogP contribution in [0, 0.1) is 6.92 Å². The monoisotopic (exact) mass is 487 g/mol. The number of carbonyl (C=O) groups is 2. The molecule has 0 bridgehead atoms. The molecular weight excluding hydrogens is 467 g/mol. The Bertz CT molecular complexity index is 1280. The van der Waals surface area contributed by atoms with Crippen LogP contribution in [0.1, 0.15) is 34.5 Å². The molecular formula is C25H20F3NO4S. The predicted octanol–water partition coefficient (Wildman–Crippen LogP) is 6.10. The van der Waals surface area contributed by atoms with Crippen LogP contribution in [-0.2, 0) is 15.8 Å². The first-order valence-electron chi connectivity index (χ1n) is 10.4. The Morgan fingerprint density at radius 3 is 2.41 bits per heavy atom. The molecule has 0 saturated carbocycles. The molecule has 1 aliphatic rings. The highest BCUT2D eigenvalue weighted by atomic mass is 32.1. The number of alkyl halides is 3. The molecule has 3 aromatic rings. The highest BCUT2D eigenvalue weighted by Gasteiger charge is 2.48. The minimum Gasteiger partial charge on any atom is -0.507 e. The Kier molecular flexibility index (Phi) is 6.22. The number of aliphatic hydroxyl groups excluding tert-OH is 1. The zero-order chi connectivity index (χ0) is 24.6. The van der Waals surface area contributed by atoms with Gasteiger partial charge in [-0.15, -0.1) is 11.3 Å². The summed E-state index contributed by atoms with van der Waals surface area (Å²) in [7, 11) is 0. The van der Waals surface area contributed by atoms with Crippen molar-refractivity contribution in [1.29, 1.82) is 0 Å². The molecule has 2 aromatic carbocycles. The van der Waals surface area contributed by atoms with Crippen molar-refractivity contribution in [3.63, 3.8) is 0 Å². The summed E-state index contributed by atoms with van der Waals surface area (Å²) in [5.41, 5.74) is 0.182. The van der Waals surface area contributed by atoms with E-state index in [9.17, 15) is 27.9 Å². The largest absolute Gasteiger partial charge is 0.507 e. The van der Waals surface area contributed by atoms with Gasteiger partial charge in [0.2, 0.25) is 0 Å². The lowest BCUT2D eigenvalue weighted by Gasteiger charge is -2.25. The minimum atomic E-state index is -4.54. The van der Waals surface area contributed by atoms with Gasteiger partial charge < -0.3 is 9.84 Å². The van der Waals surface area contributed by atoms with E-state index in [4.69, 9.17) is 4.74 Å². The number of ketones is 1. The Balaban J connectivity index is 1.88. The van der Waals surface area contributed by atoms with Crippen molar-refractivity contribution in [3.05, 3.63) is 87.1 Å². The Labute approximate surface area is 197 Å². The van der Waals surface area contributed by atoms with E-state index in [2.05, 4.69) is 0 Å². The number of hydrogen-bond acceptors (Lipinski definition) is 5. The van der Waals surface area contributed by atoms with Gasteiger partial charge in [-0.2, -0.15) is 13.2 Å². The molecule has 176 valence electrons. The van der Waals surface area contributed by atoms with Gasteiger partial charge in [-0.05, 0) is 67.3 Å². The third-order valence-electron chi connectivity index (χ3n) is 5.49. The molecule has 0 spiro atoms. The van der Waals surface area contributed by atoms with Gasteiger partial charge >= 0.3 is 6.18 Å². The molecule has 0 radical (unpaired) electrons. The number of rotatable bonds is 5. The second-order valence-corrected chi connectivity index (χ2v) is 8.59. The number of carbonyl (C=O) groups excluding carboxylic acids is 2. The van der Waals surface area contributed by atoms with E-state index in [0.717, 1.165) is 34.7 Å². The summed E-state index contributed by atoms with van der Waals surface area (Å²) in [6, 6.07) is 11.3. The summed E-state index contributed by atoms with van der Waals surface area (Å²) < 4.78 is 44.6. The van der Waals surface area contributed by atoms with Crippen LogP contribution in [0.4, 0.5) is 18.9 Å². The van der Waals surface area contributed by atoms with E-state index >= 15 is 0 Å². The molecule has 1 amide bonds. The molecule has 34 heavy (non-hydrogen) atoms. The number of nitrogens with zero attached hydrogens (tertiary/aromatic N) is 1. The van der Waals surface area contributed by atoms with Crippen LogP contribution in [0.3, 0.4) is 0 Å². The Hall–Kier alpha value is -3.59. The number of anilines is 1. The number of hydrogen-bond donors (Lipinski definition) is 1. The summed E-state index contributed by atoms with van der Waals surface area (Å²) in [5.74, 6) is -1.75. The lowest BCUT2D eigenvalue weighted by molar-refractivity contribution is -0.137. The van der Waals surface area contributed by atoms with Crippen molar-refractivity contribution in [2.24, 2.45) is 0 Å². The van der Waals surface area contributed by atoms with Crippen molar-refractivity contribution >= 4 is 34.5 Å². The van der Waals surface area contributed by atoms with Crippen molar-refractivity contribution in [3.8, 4) is 5.75 Å². The lowest BCUT2D eigenvalue weighted by atomic mass is 9.98. The number of benzene rings is 2. The standard InChI is InChI=1S/C25H20F3NO4S/c1-3-33-18-6-4-5-15(13-18)21(30)19-20(23-14(2)11-12-34-23)29(24(32)22(19)31)17-9-7-16(8-10-17)25(26,27)28/h4-13,20,30H,3H2,1-2H3/b21-19-. The number of halogens is 3. The third-order valence-corrected chi connectivity index (χ3v) is 6.56. The summed E-state index contributed by atoms with van der Waals surface area (Å²) >= 11 is 1.29. The van der Waals surface area contributed by atoms with Crippen molar-refractivity contribution in [1.82, 2.24) is 0 Å². The van der Waals surface area contributed by atoms with Gasteiger partial charge in [-0.25, -0.2) is 0 Å². The maximum atomic E-state index is 13.1. The van der Waals surface area contributed by atoms with E-state index in [0.29, 0.717) is 17.2 Å². The normalized spacial score (nSPS) is 17.9. The summed E-state index contributed by atoms with van der Waals surface area (Å²) in [6.45, 7) is 4.01. The number of thiophene rings is 1. The van der Waals surface area contributed by atoms with Gasteiger partial charge in [0.25, 0.3) is 11.7 Å². The van der Waals surface area contributed by atoms with Crippen LogP contribution >= 0.6 is 11.3 Å². The number of ether oxygens (including phenoxy) is 1. The quantitative estimate of drug-likeness (QED) is 0.268. The van der Waals surface area contributed by atoms with Crippen LogP contribution < -0.4 is 9.64 Å². The molecule has 5 nitrogen and oxygen atoms in total. The first kappa shape index (κ1) is 23.6. The molecule has 9 heteroatoms. The average Bonchev–Trinajstić information content (AvgIpc) is 3.33. The highest BCUT2D eigenvalue weighted by molar-refractivity contribution is 7.10. The molecule has 1 atom stereocenters. The number of Topliss-reactive ketones (excluding diaryl/α,β-unsaturated/α-hetero) is 1. The maximum absolute atomic E-state index is 13.1. The molecule has 1 aliphatic heterocycles. The second-order valence-electron chi connectivity index (χ2n) is 7.64. The van der Waals surface area contributed by atoms with Gasteiger partial charge in [0.15, 0.2) is 0 Å². The molecule has 1 unspecified atom stereocenters. The second kappa shape index (κ2) is 8.98. The smallest absolute Gasteiger partial charge is 0.416 e. The first-order chi connectivity index (χ1) is 16.1. The van der Waals surface area contributed by atoms with Crippen LogP contribution in [0.5, 0.6) is 5.75 Å². The van der Waals surface area contributed by atoms with Crippen molar-refractivity contribution in [2.75, 3.05) is 11.5 Å². The maximum Gasteiger partial charge on any atom is 0.416 e. The number of amides is 1. The van der Waals surface area contributed by atoms with Gasteiger partial charge in [0, 0.05) is 16.1 Å². The predicted molar refractivity (Wildman–Crippen MR) is 123 cm³/mol. The summed E-state index contributed by atoms with van der Waals surface area (Å²) in [5, 5.41) is 12.9. The average molecular weight is 487 g/mol. The van der Waals surface area contributed by atoms with Crippen LogP contribution in [0.2, 0.25) is 0 Å². The Morgan fingerprint density at radius 1 is 1.12 bits per heavy atom. The fourth-order valence-electron chi connectivity index (χ4n) is 3.88. The zero-order valence-corrected chi connectivity index (χ0v) is 19.0. The lowest BCUT2D eigenvalue weighted by Crippen LogP contribution is -2.29. The summed E-state index contributed by atoms with van der Waals surface area (Å²) in [6.07, 6.45) is -4.54. The molecule has 4 rings (SSSR count). The van der Waals surface area contributed by atoms with E-state index < -0.39 is 29.5 Å². The molecule has 0 aliphatic carbocycles. The van der Waals surface area contributed by atoms with Crippen LogP contribution in [0.25, 0.3) is 5.76 Å². The van der Waals surface area contributed by atoms with E-state index in [1.165, 1.54) is 11.3 Å². The molecule has 1 saturated heterocycles. The fraction of sp³-hybridized carbons (Fsp3) is 0.200. The highest BCUT2D eigenvalue weighted by Crippen LogP contribution is 2.45. The van der Waals surface area contributed by atoms with E-state index in [-0.39, 0.29) is 22.6 Å². The fourth-order valence-corrected chi connectivity index (χ4v) is 4.90. The first-order valence-corrected chi connectivity index (χ1v) is 11.3. The van der Waals surface area contributed by atoms with Crippen molar-refractivity contribution < 1.29 is 32.6 Å². The van der Waals surface area contributed by atoms with E-state index in [1.54, 1.807) is 36.6 Å². The minimum absolute atomic E-state index is 0.120. The topological polar surface area (TPSA) is 66.8 Å². The van der Waals surface area contributed by atoms with Crippen LogP contribution in [0.15, 0.2) is 65.6 Å². The zero-order valence-electron chi connectivity index (χ0n) is 18.2. The Morgan fingerprint density at radius 2 is 1.82 bits per heavy atom. The molecule has 1 aromatic heterocycles. The van der Waals surface area contributed by atoms with Gasteiger partial charge in [0.05, 0.1) is 17.7 Å². The third kappa shape index (κ3) is 4.19.